The lowest BCUT2D eigenvalue weighted by molar-refractivity contribution is 0.0130. The molecule has 0 radical (unpaired) electrons. The summed E-state index contributed by atoms with van der Waals surface area (Å²) in [5, 5.41) is 0. The molecule has 0 saturated heterocycles. The van der Waals surface area contributed by atoms with Crippen LogP contribution in [0, 0.1) is 29.6 Å². The predicted molar refractivity (Wildman–Crippen MR) is 77.4 cm³/mol. The minimum atomic E-state index is 0.840. The maximum atomic E-state index is 3.86. The van der Waals surface area contributed by atoms with Crippen molar-refractivity contribution in [3.63, 3.8) is 0 Å². The third kappa shape index (κ3) is 2.46. The molecule has 0 spiro atoms. The Morgan fingerprint density at radius 1 is 0.824 bits per heavy atom. The highest BCUT2D eigenvalue weighted by molar-refractivity contribution is 9.09. The lowest BCUT2D eigenvalue weighted by Crippen LogP contribution is -2.41. The molecular weight excluding hydrogens is 272 g/mol. The summed E-state index contributed by atoms with van der Waals surface area (Å²) in [4.78, 5) is 0.840. The van der Waals surface area contributed by atoms with Gasteiger partial charge < -0.3 is 0 Å². The SMILES string of the molecule is CCC1CCC2C(CCC3CC(Br)CCC32)C1. The van der Waals surface area contributed by atoms with Crippen LogP contribution in [0.4, 0.5) is 0 Å². The van der Waals surface area contributed by atoms with E-state index < -0.39 is 0 Å². The highest BCUT2D eigenvalue weighted by Gasteiger charge is 2.43. The van der Waals surface area contributed by atoms with E-state index in [9.17, 15) is 0 Å². The molecule has 3 rings (SSSR count). The molecule has 98 valence electrons. The second-order valence-electron chi connectivity index (χ2n) is 6.92. The van der Waals surface area contributed by atoms with Gasteiger partial charge in [-0.25, -0.2) is 0 Å². The average molecular weight is 299 g/mol. The third-order valence-electron chi connectivity index (χ3n) is 6.16. The van der Waals surface area contributed by atoms with Gasteiger partial charge in [-0.3, -0.25) is 0 Å². The van der Waals surface area contributed by atoms with E-state index in [0.717, 1.165) is 34.4 Å². The first-order chi connectivity index (χ1) is 8.28. The van der Waals surface area contributed by atoms with Crippen LogP contribution in [-0.2, 0) is 0 Å². The first kappa shape index (κ1) is 12.5. The number of rotatable bonds is 1. The molecule has 0 aromatic rings. The summed E-state index contributed by atoms with van der Waals surface area (Å²) in [6, 6.07) is 0. The van der Waals surface area contributed by atoms with Crippen molar-refractivity contribution in [3.05, 3.63) is 0 Å². The quantitative estimate of drug-likeness (QED) is 0.568. The number of halogens is 1. The molecule has 0 amide bonds. The van der Waals surface area contributed by atoms with Crippen LogP contribution >= 0.6 is 15.9 Å². The molecule has 3 aliphatic carbocycles. The largest absolute Gasteiger partial charge is 0.0891 e. The monoisotopic (exact) mass is 298 g/mol. The fourth-order valence-electron chi connectivity index (χ4n) is 5.20. The van der Waals surface area contributed by atoms with Gasteiger partial charge in [0.05, 0.1) is 0 Å². The zero-order valence-electron chi connectivity index (χ0n) is 11.2. The standard InChI is InChI=1S/C16H27Br/c1-2-11-3-7-15-12(9-11)4-5-13-10-14(17)6-8-16(13)15/h11-16H,2-10H2,1H3. The topological polar surface area (TPSA) is 0 Å². The van der Waals surface area contributed by atoms with Gasteiger partial charge in [0.15, 0.2) is 0 Å². The lowest BCUT2D eigenvalue weighted by atomic mass is 9.56. The van der Waals surface area contributed by atoms with E-state index >= 15 is 0 Å². The number of alkyl halides is 1. The van der Waals surface area contributed by atoms with Crippen molar-refractivity contribution < 1.29 is 0 Å². The van der Waals surface area contributed by atoms with Gasteiger partial charge in [-0.2, -0.15) is 0 Å². The minimum absolute atomic E-state index is 0.840. The molecule has 0 N–H and O–H groups in total. The van der Waals surface area contributed by atoms with Crippen LogP contribution in [0.1, 0.15) is 64.7 Å². The Hall–Kier alpha value is 0.480. The summed E-state index contributed by atoms with van der Waals surface area (Å²) in [6.07, 6.45) is 13.7. The van der Waals surface area contributed by atoms with Crippen molar-refractivity contribution >= 4 is 15.9 Å². The lowest BCUT2D eigenvalue weighted by Gasteiger charge is -2.50. The summed E-state index contributed by atoms with van der Waals surface area (Å²) in [5.74, 6) is 5.49. The molecule has 6 atom stereocenters. The van der Waals surface area contributed by atoms with Crippen LogP contribution < -0.4 is 0 Å². The summed E-state index contributed by atoms with van der Waals surface area (Å²) in [7, 11) is 0. The molecule has 17 heavy (non-hydrogen) atoms. The Balaban J connectivity index is 1.67. The van der Waals surface area contributed by atoms with E-state index in [1.807, 2.05) is 0 Å². The Morgan fingerprint density at radius 3 is 2.18 bits per heavy atom. The van der Waals surface area contributed by atoms with Gasteiger partial charge in [0.2, 0.25) is 0 Å². The van der Waals surface area contributed by atoms with Crippen molar-refractivity contribution in [2.24, 2.45) is 29.6 Å². The highest BCUT2D eigenvalue weighted by Crippen LogP contribution is 2.53. The zero-order valence-corrected chi connectivity index (χ0v) is 12.8. The first-order valence-electron chi connectivity index (χ1n) is 7.92. The van der Waals surface area contributed by atoms with Gasteiger partial charge in [0.25, 0.3) is 0 Å². The molecule has 3 aliphatic rings. The maximum absolute atomic E-state index is 3.86. The third-order valence-corrected chi connectivity index (χ3v) is 6.99. The summed E-state index contributed by atoms with van der Waals surface area (Å²) in [5.41, 5.74) is 0. The van der Waals surface area contributed by atoms with E-state index in [0.29, 0.717) is 0 Å². The number of hydrogen-bond donors (Lipinski definition) is 0. The van der Waals surface area contributed by atoms with Crippen molar-refractivity contribution in [1.29, 1.82) is 0 Å². The van der Waals surface area contributed by atoms with Gasteiger partial charge in [0, 0.05) is 4.83 Å². The highest BCUT2D eigenvalue weighted by atomic mass is 79.9. The Bertz CT molecular complexity index is 262. The fourth-order valence-corrected chi connectivity index (χ4v) is 5.95. The molecule has 0 bridgehead atoms. The van der Waals surface area contributed by atoms with Gasteiger partial charge >= 0.3 is 0 Å². The first-order valence-corrected chi connectivity index (χ1v) is 8.83. The molecule has 3 fully saturated rings. The smallest absolute Gasteiger partial charge is 0.0148 e. The predicted octanol–water partition coefficient (Wildman–Crippen LogP) is 5.40. The zero-order chi connectivity index (χ0) is 11.8. The van der Waals surface area contributed by atoms with Crippen molar-refractivity contribution in [1.82, 2.24) is 0 Å². The molecule has 6 unspecified atom stereocenters. The van der Waals surface area contributed by atoms with E-state index in [1.54, 1.807) is 32.1 Å². The van der Waals surface area contributed by atoms with Crippen LogP contribution in [0.25, 0.3) is 0 Å². The molecule has 0 nitrogen and oxygen atoms in total. The number of hydrogen-bond acceptors (Lipinski definition) is 0. The summed E-state index contributed by atoms with van der Waals surface area (Å²) in [6.45, 7) is 2.40. The minimum Gasteiger partial charge on any atom is -0.0891 e. The van der Waals surface area contributed by atoms with Crippen molar-refractivity contribution in [3.8, 4) is 0 Å². The molecular formula is C16H27Br. The van der Waals surface area contributed by atoms with Crippen molar-refractivity contribution in [2.45, 2.75) is 69.5 Å². The van der Waals surface area contributed by atoms with Crippen molar-refractivity contribution in [2.75, 3.05) is 0 Å². The molecule has 0 heterocycles. The molecule has 0 aliphatic heterocycles. The Morgan fingerprint density at radius 2 is 1.47 bits per heavy atom. The van der Waals surface area contributed by atoms with Crippen LogP contribution in [0.5, 0.6) is 0 Å². The van der Waals surface area contributed by atoms with Crippen LogP contribution in [0.2, 0.25) is 0 Å². The van der Waals surface area contributed by atoms with E-state index in [1.165, 1.54) is 25.7 Å². The summed E-state index contributed by atoms with van der Waals surface area (Å²) < 4.78 is 0. The van der Waals surface area contributed by atoms with Gasteiger partial charge in [-0.15, -0.1) is 0 Å². The molecule has 0 aromatic carbocycles. The molecule has 0 aromatic heterocycles. The van der Waals surface area contributed by atoms with Gasteiger partial charge in [-0.05, 0) is 74.5 Å². The second-order valence-corrected chi connectivity index (χ2v) is 8.22. The average Bonchev–Trinajstić information content (AvgIpc) is 2.37. The normalized spacial score (nSPS) is 50.5. The van der Waals surface area contributed by atoms with E-state index in [4.69, 9.17) is 0 Å². The van der Waals surface area contributed by atoms with Crippen LogP contribution in [0.15, 0.2) is 0 Å². The van der Waals surface area contributed by atoms with Crippen LogP contribution in [-0.4, -0.2) is 4.83 Å². The number of fused-ring (bicyclic) bond motifs is 3. The fraction of sp³-hybridized carbons (Fsp3) is 1.00. The summed E-state index contributed by atoms with van der Waals surface area (Å²) >= 11 is 3.86. The van der Waals surface area contributed by atoms with Gasteiger partial charge in [-0.1, -0.05) is 35.7 Å². The van der Waals surface area contributed by atoms with Crippen LogP contribution in [0.3, 0.4) is 0 Å². The van der Waals surface area contributed by atoms with E-state index in [2.05, 4.69) is 22.9 Å². The molecule has 1 heteroatoms. The second kappa shape index (κ2) is 5.23. The maximum Gasteiger partial charge on any atom is 0.0148 e. The Labute approximate surface area is 115 Å². The molecule has 3 saturated carbocycles. The Kier molecular flexibility index (Phi) is 3.85. The van der Waals surface area contributed by atoms with E-state index in [-0.39, 0.29) is 0 Å². The van der Waals surface area contributed by atoms with Gasteiger partial charge in [0.1, 0.15) is 0 Å².